The van der Waals surface area contributed by atoms with Crippen LogP contribution < -0.4 is 14.8 Å². The highest BCUT2D eigenvalue weighted by atomic mass is 28.5. The minimum atomic E-state index is -2.75. The highest BCUT2D eigenvalue weighted by Crippen LogP contribution is 2.52. The molecule has 1 N–H and O–H groups in total. The maximum absolute atomic E-state index is 13.1. The third kappa shape index (κ3) is 6.77. The molecule has 198 valence electrons. The molecule has 0 aromatic heterocycles. The number of rotatable bonds is 10. The number of methoxy groups -OCH3 is 2. The summed E-state index contributed by atoms with van der Waals surface area (Å²) < 4.78 is 24.0. The molecular formula is C26H42N2O5Si3. The first-order valence-electron chi connectivity index (χ1n) is 12.1. The van der Waals surface area contributed by atoms with Crippen LogP contribution in [0.1, 0.15) is 25.0 Å². The second-order valence-corrected chi connectivity index (χ2v) is 24.5. The summed E-state index contributed by atoms with van der Waals surface area (Å²) in [7, 11) is -3.42. The molecule has 36 heavy (non-hydrogen) atoms. The molecule has 1 aliphatic carbocycles. The van der Waals surface area contributed by atoms with Crippen LogP contribution in [0.2, 0.25) is 45.8 Å². The second-order valence-electron chi connectivity index (χ2n) is 11.8. The van der Waals surface area contributed by atoms with Crippen molar-refractivity contribution >= 4 is 36.7 Å². The van der Waals surface area contributed by atoms with Gasteiger partial charge in [0.15, 0.2) is 28.1 Å². The Morgan fingerprint density at radius 1 is 1.06 bits per heavy atom. The summed E-state index contributed by atoms with van der Waals surface area (Å²) in [5, 5.41) is 13.8. The van der Waals surface area contributed by atoms with Crippen LogP contribution in [0.15, 0.2) is 30.0 Å². The number of amides is 1. The van der Waals surface area contributed by atoms with Gasteiger partial charge in [-0.2, -0.15) is 5.26 Å². The summed E-state index contributed by atoms with van der Waals surface area (Å²) in [6, 6.07) is 6.15. The van der Waals surface area contributed by atoms with Crippen LogP contribution in [0.4, 0.5) is 0 Å². The molecule has 1 unspecified atom stereocenters. The van der Waals surface area contributed by atoms with Crippen molar-refractivity contribution in [2.24, 2.45) is 5.92 Å². The number of hydrogen-bond donors (Lipinski definition) is 1. The Morgan fingerprint density at radius 2 is 1.56 bits per heavy atom. The Labute approximate surface area is 220 Å². The molecule has 0 radical (unpaired) electrons. The van der Waals surface area contributed by atoms with E-state index in [1.807, 2.05) is 32.5 Å². The zero-order chi connectivity index (χ0) is 27.7. The maximum Gasteiger partial charge on any atom is 0.345 e. The van der Waals surface area contributed by atoms with E-state index in [-0.39, 0.29) is 12.5 Å². The van der Waals surface area contributed by atoms with Crippen molar-refractivity contribution in [2.45, 2.75) is 65.1 Å². The maximum atomic E-state index is 13.1. The Kier molecular flexibility index (Phi) is 8.91. The first-order valence-corrected chi connectivity index (χ1v) is 21.3. The standard InChI is InChI=1S/C26H42N2O5Si3/c1-18(36(12,32-34(6,7)8)33-35(9,10)11)17-28-25(29)14-20-19-13-23(30-4)24(31-5)15-21(19)26(2,3)22(20)16-27/h13-15,22H,1,17H2,2-12H3,(H,28,29). The lowest BCUT2D eigenvalue weighted by atomic mass is 9.78. The number of nitrogens with one attached hydrogen (secondary N) is 1. The average Bonchev–Trinajstić information content (AvgIpc) is 2.93. The third-order valence-electron chi connectivity index (χ3n) is 6.10. The van der Waals surface area contributed by atoms with Crippen LogP contribution >= 0.6 is 0 Å². The van der Waals surface area contributed by atoms with Crippen LogP contribution in [0, 0.1) is 17.2 Å². The molecule has 0 saturated carbocycles. The molecule has 0 aliphatic heterocycles. The van der Waals surface area contributed by atoms with Crippen molar-refractivity contribution in [3.05, 3.63) is 41.1 Å². The van der Waals surface area contributed by atoms with Crippen LogP contribution in [-0.4, -0.2) is 51.9 Å². The van der Waals surface area contributed by atoms with Crippen molar-refractivity contribution in [2.75, 3.05) is 20.8 Å². The van der Waals surface area contributed by atoms with E-state index in [1.54, 1.807) is 14.2 Å². The molecule has 0 bridgehead atoms. The predicted octanol–water partition coefficient (Wildman–Crippen LogP) is 5.50. The summed E-state index contributed by atoms with van der Waals surface area (Å²) in [4.78, 5) is 13.1. The van der Waals surface area contributed by atoms with E-state index in [2.05, 4.69) is 57.2 Å². The molecule has 7 nitrogen and oxygen atoms in total. The molecule has 1 amide bonds. The van der Waals surface area contributed by atoms with Gasteiger partial charge < -0.3 is 23.0 Å². The van der Waals surface area contributed by atoms with Crippen LogP contribution in [0.3, 0.4) is 0 Å². The number of allylic oxidation sites excluding steroid dienone is 1. The van der Waals surface area contributed by atoms with E-state index in [1.165, 1.54) is 6.08 Å². The zero-order valence-corrected chi connectivity index (χ0v) is 26.7. The van der Waals surface area contributed by atoms with Gasteiger partial charge in [-0.25, -0.2) is 0 Å². The van der Waals surface area contributed by atoms with Gasteiger partial charge in [0, 0.05) is 18.0 Å². The molecule has 0 spiro atoms. The number of carbonyl (C=O) groups is 1. The zero-order valence-electron chi connectivity index (χ0n) is 23.7. The van der Waals surface area contributed by atoms with Crippen molar-refractivity contribution in [1.29, 1.82) is 5.26 Å². The topological polar surface area (TPSA) is 89.8 Å². The summed E-state index contributed by atoms with van der Waals surface area (Å²) in [5.74, 6) is 0.363. The highest BCUT2D eigenvalue weighted by Gasteiger charge is 2.45. The smallest absolute Gasteiger partial charge is 0.345 e. The summed E-state index contributed by atoms with van der Waals surface area (Å²) in [6.45, 7) is 23.3. The number of fused-ring (bicyclic) bond motifs is 1. The van der Waals surface area contributed by atoms with E-state index in [0.29, 0.717) is 17.1 Å². The van der Waals surface area contributed by atoms with Crippen LogP contribution in [0.25, 0.3) is 5.57 Å². The van der Waals surface area contributed by atoms with E-state index in [4.69, 9.17) is 17.7 Å². The first-order chi connectivity index (χ1) is 16.4. The summed E-state index contributed by atoms with van der Waals surface area (Å²) >= 11 is 0. The van der Waals surface area contributed by atoms with Crippen molar-refractivity contribution in [3.8, 4) is 17.6 Å². The van der Waals surface area contributed by atoms with Crippen molar-refractivity contribution in [3.63, 3.8) is 0 Å². The molecule has 0 fully saturated rings. The van der Waals surface area contributed by atoms with Crippen molar-refractivity contribution in [1.82, 2.24) is 5.32 Å². The molecule has 0 heterocycles. The van der Waals surface area contributed by atoms with E-state index >= 15 is 0 Å². The molecule has 2 rings (SSSR count). The van der Waals surface area contributed by atoms with Crippen LogP contribution in [-0.2, 0) is 18.4 Å². The van der Waals surface area contributed by atoms with Gasteiger partial charge in [0.1, 0.15) is 0 Å². The summed E-state index contributed by atoms with van der Waals surface area (Å²) in [6.07, 6.45) is 1.53. The van der Waals surface area contributed by atoms with E-state index < -0.39 is 36.5 Å². The Hall–Kier alpha value is -2.17. The Morgan fingerprint density at radius 3 is 2.00 bits per heavy atom. The number of ether oxygens (including phenoxy) is 2. The first kappa shape index (κ1) is 30.1. The number of nitriles is 1. The van der Waals surface area contributed by atoms with Gasteiger partial charge in [0.2, 0.25) is 5.91 Å². The fraction of sp³-hybridized carbons (Fsp3) is 0.538. The van der Waals surface area contributed by atoms with Gasteiger partial charge in [-0.05, 0) is 79.9 Å². The monoisotopic (exact) mass is 546 g/mol. The molecular weight excluding hydrogens is 505 g/mol. The normalized spacial score (nSPS) is 18.4. The Balaban J connectivity index is 2.36. The highest BCUT2D eigenvalue weighted by molar-refractivity contribution is 6.91. The number of nitrogens with zero attached hydrogens (tertiary/aromatic N) is 1. The van der Waals surface area contributed by atoms with Gasteiger partial charge in [0.05, 0.1) is 26.2 Å². The Bertz CT molecular complexity index is 1080. The van der Waals surface area contributed by atoms with Gasteiger partial charge in [-0.1, -0.05) is 20.4 Å². The number of hydrogen-bond acceptors (Lipinski definition) is 6. The minimum absolute atomic E-state index is 0.250. The van der Waals surface area contributed by atoms with E-state index in [0.717, 1.165) is 16.3 Å². The van der Waals surface area contributed by atoms with Crippen LogP contribution in [0.5, 0.6) is 11.5 Å². The molecule has 1 aromatic carbocycles. The molecule has 0 saturated heterocycles. The lowest BCUT2D eigenvalue weighted by molar-refractivity contribution is -0.116. The number of carbonyl (C=O) groups excluding carboxylic acids is 1. The minimum Gasteiger partial charge on any atom is -0.493 e. The van der Waals surface area contributed by atoms with Gasteiger partial charge in [-0.15, -0.1) is 0 Å². The molecule has 1 aromatic rings. The fourth-order valence-electron chi connectivity index (χ4n) is 4.62. The van der Waals surface area contributed by atoms with E-state index in [9.17, 15) is 10.1 Å². The molecule has 10 heteroatoms. The molecule has 1 aliphatic rings. The van der Waals surface area contributed by atoms with Gasteiger partial charge >= 0.3 is 8.56 Å². The predicted molar refractivity (Wildman–Crippen MR) is 152 cm³/mol. The molecule has 1 atom stereocenters. The SMILES string of the molecule is C=C(CNC(=O)C=C1c2cc(OC)c(OC)cc2C(C)(C)C1C#N)[Si](C)(O[Si](C)(C)C)O[Si](C)(C)C. The average molecular weight is 547 g/mol. The largest absolute Gasteiger partial charge is 0.493 e. The van der Waals surface area contributed by atoms with Gasteiger partial charge in [-0.3, -0.25) is 4.79 Å². The second kappa shape index (κ2) is 10.7. The summed E-state index contributed by atoms with van der Waals surface area (Å²) in [5.41, 5.74) is 1.93. The third-order valence-corrected chi connectivity index (χ3v) is 15.6. The fourth-order valence-corrected chi connectivity index (χ4v) is 16.1. The van der Waals surface area contributed by atoms with Crippen molar-refractivity contribution < 1.29 is 22.5 Å². The lowest BCUT2D eigenvalue weighted by Crippen LogP contribution is -2.55. The van der Waals surface area contributed by atoms with Gasteiger partial charge in [0.25, 0.3) is 0 Å². The number of benzene rings is 1. The quantitative estimate of drug-likeness (QED) is 0.308. The lowest BCUT2D eigenvalue weighted by Gasteiger charge is -2.39.